The van der Waals surface area contributed by atoms with Crippen molar-refractivity contribution in [2.45, 2.75) is 45.8 Å². The molecular weight excluding hydrogens is 300 g/mol. The number of nitrogens with zero attached hydrogens (tertiary/aromatic N) is 1. The van der Waals surface area contributed by atoms with Crippen LogP contribution < -0.4 is 10.1 Å². The molecule has 1 saturated heterocycles. The van der Waals surface area contributed by atoms with E-state index >= 15 is 0 Å². The summed E-state index contributed by atoms with van der Waals surface area (Å²) in [6, 6.07) is 5.86. The van der Waals surface area contributed by atoms with Crippen LogP contribution in [0.5, 0.6) is 5.75 Å². The maximum atomic E-state index is 12.2. The lowest BCUT2D eigenvalue weighted by molar-refractivity contribution is -0.127. The lowest BCUT2D eigenvalue weighted by atomic mass is 10.2. The van der Waals surface area contributed by atoms with E-state index in [4.69, 9.17) is 16.3 Å². The third kappa shape index (κ3) is 4.37. The molecule has 0 aliphatic carbocycles. The molecule has 0 radical (unpaired) electrons. The van der Waals surface area contributed by atoms with E-state index < -0.39 is 6.10 Å². The Labute approximate surface area is 137 Å². The van der Waals surface area contributed by atoms with Crippen molar-refractivity contribution in [1.29, 1.82) is 0 Å². The van der Waals surface area contributed by atoms with Gasteiger partial charge >= 0.3 is 0 Å². The van der Waals surface area contributed by atoms with E-state index in [9.17, 15) is 4.79 Å². The molecule has 1 N–H and O–H groups in total. The molecule has 2 rings (SSSR count). The summed E-state index contributed by atoms with van der Waals surface area (Å²) in [5, 5.41) is 3.68. The molecule has 1 heterocycles. The van der Waals surface area contributed by atoms with Gasteiger partial charge in [0.05, 0.1) is 0 Å². The number of benzene rings is 1. The van der Waals surface area contributed by atoms with Crippen molar-refractivity contribution in [2.75, 3.05) is 19.6 Å². The molecule has 0 bridgehead atoms. The van der Waals surface area contributed by atoms with Gasteiger partial charge in [0.15, 0.2) is 6.10 Å². The molecule has 0 saturated carbocycles. The van der Waals surface area contributed by atoms with Gasteiger partial charge in [-0.1, -0.05) is 18.5 Å². The summed E-state index contributed by atoms with van der Waals surface area (Å²) in [7, 11) is 0. The van der Waals surface area contributed by atoms with Crippen molar-refractivity contribution in [3.63, 3.8) is 0 Å². The van der Waals surface area contributed by atoms with Gasteiger partial charge < -0.3 is 10.1 Å². The Bertz CT molecular complexity index is 521. The molecule has 2 atom stereocenters. The molecule has 1 fully saturated rings. The van der Waals surface area contributed by atoms with Gasteiger partial charge in [0.25, 0.3) is 5.91 Å². The number of ether oxygens (including phenoxy) is 1. The average Bonchev–Trinajstić information content (AvgIpc) is 2.95. The molecule has 4 nitrogen and oxygen atoms in total. The molecular formula is C17H25ClN2O2. The minimum absolute atomic E-state index is 0.0719. The summed E-state index contributed by atoms with van der Waals surface area (Å²) >= 11 is 5.93. The smallest absolute Gasteiger partial charge is 0.260 e. The van der Waals surface area contributed by atoms with E-state index in [0.29, 0.717) is 23.4 Å². The maximum Gasteiger partial charge on any atom is 0.260 e. The molecule has 1 aromatic rings. The monoisotopic (exact) mass is 324 g/mol. The number of likely N-dealkylation sites (tertiary alicyclic amines) is 1. The van der Waals surface area contributed by atoms with Gasteiger partial charge in [-0.2, -0.15) is 0 Å². The van der Waals surface area contributed by atoms with E-state index in [0.717, 1.165) is 25.1 Å². The minimum Gasteiger partial charge on any atom is -0.481 e. The summed E-state index contributed by atoms with van der Waals surface area (Å²) < 4.78 is 5.75. The van der Waals surface area contributed by atoms with Gasteiger partial charge in [-0.3, -0.25) is 9.69 Å². The van der Waals surface area contributed by atoms with E-state index in [-0.39, 0.29) is 5.91 Å². The van der Waals surface area contributed by atoms with Crippen LogP contribution in [0.4, 0.5) is 0 Å². The van der Waals surface area contributed by atoms with Crippen LogP contribution in [0.25, 0.3) is 0 Å². The van der Waals surface area contributed by atoms with Crippen LogP contribution in [0.2, 0.25) is 5.02 Å². The number of hydrogen-bond donors (Lipinski definition) is 1. The second kappa shape index (κ2) is 7.84. The first-order chi connectivity index (χ1) is 10.5. The fourth-order valence-electron chi connectivity index (χ4n) is 2.89. The Balaban J connectivity index is 1.84. The van der Waals surface area contributed by atoms with Crippen molar-refractivity contribution < 1.29 is 9.53 Å². The zero-order valence-corrected chi connectivity index (χ0v) is 14.3. The Morgan fingerprint density at radius 2 is 2.32 bits per heavy atom. The van der Waals surface area contributed by atoms with Crippen molar-refractivity contribution in [3.05, 3.63) is 28.8 Å². The Hall–Kier alpha value is -1.26. The van der Waals surface area contributed by atoms with Crippen LogP contribution in [0.15, 0.2) is 18.2 Å². The first-order valence-electron chi connectivity index (χ1n) is 7.95. The predicted octanol–water partition coefficient (Wildman–Crippen LogP) is 3.02. The molecule has 0 aromatic heterocycles. The van der Waals surface area contributed by atoms with E-state index in [2.05, 4.69) is 17.1 Å². The fourth-order valence-corrected chi connectivity index (χ4v) is 3.12. The molecule has 1 aromatic carbocycles. The third-order valence-corrected chi connectivity index (χ3v) is 4.46. The van der Waals surface area contributed by atoms with Crippen LogP contribution in [0, 0.1) is 6.92 Å². The lowest BCUT2D eigenvalue weighted by Crippen LogP contribution is -2.44. The highest BCUT2D eigenvalue weighted by atomic mass is 35.5. The van der Waals surface area contributed by atoms with Crippen molar-refractivity contribution in [1.82, 2.24) is 10.2 Å². The lowest BCUT2D eigenvalue weighted by Gasteiger charge is -2.24. The Morgan fingerprint density at radius 1 is 1.55 bits per heavy atom. The van der Waals surface area contributed by atoms with Gasteiger partial charge in [0.1, 0.15) is 5.75 Å². The largest absolute Gasteiger partial charge is 0.481 e. The third-order valence-electron chi connectivity index (χ3n) is 4.23. The zero-order chi connectivity index (χ0) is 16.1. The molecule has 0 spiro atoms. The summed E-state index contributed by atoms with van der Waals surface area (Å²) in [5.74, 6) is 0.625. The summed E-state index contributed by atoms with van der Waals surface area (Å²) in [6.45, 7) is 8.72. The average molecular weight is 325 g/mol. The topological polar surface area (TPSA) is 41.6 Å². The number of nitrogens with one attached hydrogen (secondary N) is 1. The van der Waals surface area contributed by atoms with Gasteiger partial charge in [-0.25, -0.2) is 0 Å². The predicted molar refractivity (Wildman–Crippen MR) is 89.6 cm³/mol. The number of amides is 1. The van der Waals surface area contributed by atoms with Gasteiger partial charge in [0, 0.05) is 17.6 Å². The van der Waals surface area contributed by atoms with Crippen molar-refractivity contribution >= 4 is 17.5 Å². The SMILES string of the molecule is CCN1CCCC1CNC(=O)C(C)Oc1ccc(Cl)cc1C. The molecule has 2 unspecified atom stereocenters. The van der Waals surface area contributed by atoms with E-state index in [1.807, 2.05) is 13.0 Å². The Morgan fingerprint density at radius 3 is 3.00 bits per heavy atom. The number of halogens is 1. The number of carbonyl (C=O) groups excluding carboxylic acids is 1. The number of likely N-dealkylation sites (N-methyl/N-ethyl adjacent to an activating group) is 1. The first-order valence-corrected chi connectivity index (χ1v) is 8.33. The molecule has 22 heavy (non-hydrogen) atoms. The second-order valence-electron chi connectivity index (χ2n) is 5.84. The van der Waals surface area contributed by atoms with Crippen LogP contribution in [0.3, 0.4) is 0 Å². The fraction of sp³-hybridized carbons (Fsp3) is 0.588. The van der Waals surface area contributed by atoms with Crippen LogP contribution in [0.1, 0.15) is 32.3 Å². The first kappa shape index (κ1) is 17.1. The number of hydrogen-bond acceptors (Lipinski definition) is 3. The van der Waals surface area contributed by atoms with E-state index in [1.54, 1.807) is 19.1 Å². The maximum absolute atomic E-state index is 12.2. The summed E-state index contributed by atoms with van der Waals surface area (Å²) in [4.78, 5) is 14.6. The van der Waals surface area contributed by atoms with Crippen molar-refractivity contribution in [2.24, 2.45) is 0 Å². The zero-order valence-electron chi connectivity index (χ0n) is 13.6. The minimum atomic E-state index is -0.517. The summed E-state index contributed by atoms with van der Waals surface area (Å²) in [6.07, 6.45) is 1.85. The molecule has 5 heteroatoms. The van der Waals surface area contributed by atoms with Crippen LogP contribution >= 0.6 is 11.6 Å². The van der Waals surface area contributed by atoms with Gasteiger partial charge in [-0.15, -0.1) is 0 Å². The van der Waals surface area contributed by atoms with E-state index in [1.165, 1.54) is 6.42 Å². The highest BCUT2D eigenvalue weighted by Crippen LogP contribution is 2.23. The molecule has 1 aliphatic heterocycles. The number of carbonyl (C=O) groups is 1. The van der Waals surface area contributed by atoms with Crippen LogP contribution in [-0.4, -0.2) is 42.6 Å². The highest BCUT2D eigenvalue weighted by Gasteiger charge is 2.24. The van der Waals surface area contributed by atoms with Crippen LogP contribution in [-0.2, 0) is 4.79 Å². The second-order valence-corrected chi connectivity index (χ2v) is 6.28. The standard InChI is InChI=1S/C17H25ClN2O2/c1-4-20-9-5-6-15(20)11-19-17(21)13(3)22-16-8-7-14(18)10-12(16)2/h7-8,10,13,15H,4-6,9,11H2,1-3H3,(H,19,21). The van der Waals surface area contributed by atoms with Gasteiger partial charge in [-0.05, 0) is 63.5 Å². The molecule has 122 valence electrons. The molecule has 1 aliphatic rings. The number of rotatable bonds is 6. The number of aryl methyl sites for hydroxylation is 1. The quantitative estimate of drug-likeness (QED) is 0.874. The molecule has 1 amide bonds. The normalized spacial score (nSPS) is 19.9. The Kier molecular flexibility index (Phi) is 6.09. The van der Waals surface area contributed by atoms with Gasteiger partial charge in [0.2, 0.25) is 0 Å². The summed E-state index contributed by atoms with van der Waals surface area (Å²) in [5.41, 5.74) is 0.931. The highest BCUT2D eigenvalue weighted by molar-refractivity contribution is 6.30. The van der Waals surface area contributed by atoms with Crippen molar-refractivity contribution in [3.8, 4) is 5.75 Å².